The van der Waals surface area contributed by atoms with Crippen LogP contribution in [0.15, 0.2) is 12.3 Å². The van der Waals surface area contributed by atoms with Gasteiger partial charge in [0.1, 0.15) is 5.15 Å². The van der Waals surface area contributed by atoms with Gasteiger partial charge in [0.25, 0.3) is 0 Å². The Bertz CT molecular complexity index is 323. The van der Waals surface area contributed by atoms with Crippen LogP contribution in [0.5, 0.6) is 0 Å². The predicted molar refractivity (Wildman–Crippen MR) is 66.5 cm³/mol. The number of anilines is 1. The van der Waals surface area contributed by atoms with E-state index in [9.17, 15) is 0 Å². The largest absolute Gasteiger partial charge is 0.381 e. The molecule has 0 fully saturated rings. The minimum absolute atomic E-state index is 0.493. The average Bonchev–Trinajstić information content (AvgIpc) is 2.19. The molecule has 0 amide bonds. The van der Waals surface area contributed by atoms with Crippen LogP contribution in [-0.4, -0.2) is 11.0 Å². The van der Waals surface area contributed by atoms with Gasteiger partial charge in [0.15, 0.2) is 0 Å². The molecule has 2 nitrogen and oxygen atoms in total. The van der Waals surface area contributed by atoms with E-state index in [0.717, 1.165) is 17.7 Å². The zero-order valence-corrected chi connectivity index (χ0v) is 10.6. The van der Waals surface area contributed by atoms with Crippen molar-refractivity contribution < 1.29 is 0 Å². The monoisotopic (exact) mass is 226 g/mol. The van der Waals surface area contributed by atoms with Gasteiger partial charge < -0.3 is 5.32 Å². The first-order valence-corrected chi connectivity index (χ1v) is 5.81. The number of hydrogen-bond acceptors (Lipinski definition) is 2. The third kappa shape index (κ3) is 3.38. The van der Waals surface area contributed by atoms with Crippen molar-refractivity contribution in [1.29, 1.82) is 0 Å². The number of pyridine rings is 1. The first-order chi connectivity index (χ1) is 7.04. The van der Waals surface area contributed by atoms with E-state index in [2.05, 4.69) is 31.1 Å². The summed E-state index contributed by atoms with van der Waals surface area (Å²) in [5, 5.41) is 4.06. The van der Waals surface area contributed by atoms with Crippen molar-refractivity contribution in [2.75, 3.05) is 5.32 Å². The van der Waals surface area contributed by atoms with E-state index >= 15 is 0 Å². The zero-order chi connectivity index (χ0) is 11.4. The summed E-state index contributed by atoms with van der Waals surface area (Å²) in [5.41, 5.74) is 2.07. The highest BCUT2D eigenvalue weighted by atomic mass is 35.5. The van der Waals surface area contributed by atoms with Crippen molar-refractivity contribution in [2.45, 2.75) is 40.2 Å². The van der Waals surface area contributed by atoms with Gasteiger partial charge in [-0.3, -0.25) is 0 Å². The van der Waals surface area contributed by atoms with Crippen molar-refractivity contribution in [3.05, 3.63) is 23.0 Å². The summed E-state index contributed by atoms with van der Waals surface area (Å²) in [4.78, 5) is 4.13. The highest BCUT2D eigenvalue weighted by Crippen LogP contribution is 2.19. The second-order valence-electron chi connectivity index (χ2n) is 4.23. The number of hydrogen-bond donors (Lipinski definition) is 1. The molecule has 0 radical (unpaired) electrons. The third-order valence-electron chi connectivity index (χ3n) is 2.61. The van der Waals surface area contributed by atoms with Gasteiger partial charge >= 0.3 is 0 Å². The molecular weight excluding hydrogens is 208 g/mol. The van der Waals surface area contributed by atoms with E-state index in [1.807, 2.05) is 13.0 Å². The number of halogens is 1. The molecule has 0 aliphatic carbocycles. The van der Waals surface area contributed by atoms with Gasteiger partial charge in [0.2, 0.25) is 0 Å². The SMILES string of the molecule is CCC(Nc1cnc(Cl)c(C)c1)C(C)C. The molecule has 0 aliphatic heterocycles. The van der Waals surface area contributed by atoms with Crippen molar-refractivity contribution in [3.8, 4) is 0 Å². The van der Waals surface area contributed by atoms with Crippen LogP contribution in [0.2, 0.25) is 5.15 Å². The first-order valence-electron chi connectivity index (χ1n) is 5.43. The van der Waals surface area contributed by atoms with E-state index in [4.69, 9.17) is 11.6 Å². The maximum Gasteiger partial charge on any atom is 0.132 e. The lowest BCUT2D eigenvalue weighted by molar-refractivity contribution is 0.511. The zero-order valence-electron chi connectivity index (χ0n) is 9.84. The van der Waals surface area contributed by atoms with Crippen LogP contribution in [0.3, 0.4) is 0 Å². The molecule has 1 unspecified atom stereocenters. The summed E-state index contributed by atoms with van der Waals surface area (Å²) >= 11 is 5.87. The molecule has 3 heteroatoms. The van der Waals surface area contributed by atoms with Gasteiger partial charge in [-0.05, 0) is 30.9 Å². The third-order valence-corrected chi connectivity index (χ3v) is 3.01. The molecule has 84 valence electrons. The second kappa shape index (κ2) is 5.36. The van der Waals surface area contributed by atoms with Crippen molar-refractivity contribution in [3.63, 3.8) is 0 Å². The molecule has 1 heterocycles. The lowest BCUT2D eigenvalue weighted by Gasteiger charge is -2.22. The first kappa shape index (κ1) is 12.3. The summed E-state index contributed by atoms with van der Waals surface area (Å²) in [6, 6.07) is 2.53. The van der Waals surface area contributed by atoms with Crippen molar-refractivity contribution in [1.82, 2.24) is 4.98 Å². The molecule has 0 saturated carbocycles. The van der Waals surface area contributed by atoms with E-state index in [-0.39, 0.29) is 0 Å². The average molecular weight is 227 g/mol. The lowest BCUT2D eigenvalue weighted by Crippen LogP contribution is -2.24. The Morgan fingerprint density at radius 1 is 1.47 bits per heavy atom. The molecule has 0 saturated heterocycles. The highest BCUT2D eigenvalue weighted by molar-refractivity contribution is 6.30. The van der Waals surface area contributed by atoms with E-state index in [1.54, 1.807) is 6.20 Å². The van der Waals surface area contributed by atoms with Crippen LogP contribution in [0, 0.1) is 12.8 Å². The molecule has 1 atom stereocenters. The van der Waals surface area contributed by atoms with Crippen LogP contribution in [-0.2, 0) is 0 Å². The molecule has 0 aliphatic rings. The fraction of sp³-hybridized carbons (Fsp3) is 0.583. The molecule has 1 rings (SSSR count). The Labute approximate surface area is 97.1 Å². The molecule has 1 N–H and O–H groups in total. The Kier molecular flexibility index (Phi) is 4.40. The summed E-state index contributed by atoms with van der Waals surface area (Å²) in [6.45, 7) is 8.60. The molecule has 0 aromatic carbocycles. The van der Waals surface area contributed by atoms with Crippen molar-refractivity contribution >= 4 is 17.3 Å². The standard InChI is InChI=1S/C12H19ClN2/c1-5-11(8(2)3)15-10-6-9(4)12(13)14-7-10/h6-8,11,15H,5H2,1-4H3. The summed E-state index contributed by atoms with van der Waals surface area (Å²) < 4.78 is 0. The fourth-order valence-electron chi connectivity index (χ4n) is 1.59. The number of nitrogens with one attached hydrogen (secondary N) is 1. The molecule has 15 heavy (non-hydrogen) atoms. The predicted octanol–water partition coefficient (Wildman–Crippen LogP) is 3.89. The smallest absolute Gasteiger partial charge is 0.132 e. The van der Waals surface area contributed by atoms with Crippen molar-refractivity contribution in [2.24, 2.45) is 5.92 Å². The second-order valence-corrected chi connectivity index (χ2v) is 4.59. The van der Waals surface area contributed by atoms with E-state index < -0.39 is 0 Å². The molecule has 1 aromatic rings. The number of aryl methyl sites for hydroxylation is 1. The number of nitrogens with zero attached hydrogens (tertiary/aromatic N) is 1. The normalized spacial score (nSPS) is 12.9. The summed E-state index contributed by atoms with van der Waals surface area (Å²) in [6.07, 6.45) is 2.90. The van der Waals surface area contributed by atoms with Crippen LogP contribution in [0.4, 0.5) is 5.69 Å². The summed E-state index contributed by atoms with van der Waals surface area (Å²) in [7, 11) is 0. The van der Waals surface area contributed by atoms with E-state index in [0.29, 0.717) is 17.1 Å². The maximum atomic E-state index is 5.87. The van der Waals surface area contributed by atoms with Crippen LogP contribution in [0.25, 0.3) is 0 Å². The number of aromatic nitrogens is 1. The molecule has 0 spiro atoms. The van der Waals surface area contributed by atoms with Gasteiger partial charge in [-0.25, -0.2) is 4.98 Å². The summed E-state index contributed by atoms with van der Waals surface area (Å²) in [5.74, 6) is 0.617. The molecule has 1 aromatic heterocycles. The minimum Gasteiger partial charge on any atom is -0.381 e. The van der Waals surface area contributed by atoms with Crippen LogP contribution in [0.1, 0.15) is 32.8 Å². The van der Waals surface area contributed by atoms with E-state index in [1.165, 1.54) is 0 Å². The quantitative estimate of drug-likeness (QED) is 0.788. The van der Waals surface area contributed by atoms with Gasteiger partial charge in [-0.1, -0.05) is 32.4 Å². The fourth-order valence-corrected chi connectivity index (χ4v) is 1.69. The van der Waals surface area contributed by atoms with Gasteiger partial charge in [-0.2, -0.15) is 0 Å². The topological polar surface area (TPSA) is 24.9 Å². The van der Waals surface area contributed by atoms with Gasteiger partial charge in [0.05, 0.1) is 11.9 Å². The molecular formula is C12H19ClN2. The Hall–Kier alpha value is -0.760. The van der Waals surface area contributed by atoms with Crippen LogP contribution < -0.4 is 5.32 Å². The lowest BCUT2D eigenvalue weighted by atomic mass is 10.0. The Morgan fingerprint density at radius 3 is 2.60 bits per heavy atom. The van der Waals surface area contributed by atoms with Gasteiger partial charge in [-0.15, -0.1) is 0 Å². The van der Waals surface area contributed by atoms with Crippen LogP contribution >= 0.6 is 11.6 Å². The van der Waals surface area contributed by atoms with Gasteiger partial charge in [0, 0.05) is 6.04 Å². The number of rotatable bonds is 4. The molecule has 0 bridgehead atoms. The minimum atomic E-state index is 0.493. The Morgan fingerprint density at radius 2 is 2.13 bits per heavy atom. The maximum absolute atomic E-state index is 5.87. The highest BCUT2D eigenvalue weighted by Gasteiger charge is 2.10. The Balaban J connectivity index is 2.75.